The molecule has 0 saturated carbocycles. The lowest BCUT2D eigenvalue weighted by molar-refractivity contribution is -0.109. The lowest BCUT2D eigenvalue weighted by atomic mass is 10.2. The fourth-order valence-corrected chi connectivity index (χ4v) is 0.937. The van der Waals surface area contributed by atoms with Crippen molar-refractivity contribution in [3.63, 3.8) is 0 Å². The fourth-order valence-electron chi connectivity index (χ4n) is 0.937. The Balaban J connectivity index is 2.74. The van der Waals surface area contributed by atoms with Crippen molar-refractivity contribution in [2.75, 3.05) is 6.61 Å². The van der Waals surface area contributed by atoms with Gasteiger partial charge in [0.15, 0.2) is 6.29 Å². The predicted molar refractivity (Wildman–Crippen MR) is 45.9 cm³/mol. The highest BCUT2D eigenvalue weighted by atomic mass is 16.5. The van der Waals surface area contributed by atoms with Crippen LogP contribution < -0.4 is 10.5 Å². The lowest BCUT2D eigenvalue weighted by Gasteiger charge is -2.06. The Morgan fingerprint density at radius 1 is 1.42 bits per heavy atom. The second-order valence-electron chi connectivity index (χ2n) is 2.29. The molecule has 0 aliphatic heterocycles. The third-order valence-corrected chi connectivity index (χ3v) is 1.50. The molecule has 0 aliphatic rings. The molecule has 0 spiro atoms. The molecule has 0 bridgehead atoms. The number of hydrogen-bond donors (Lipinski definition) is 1. The molecule has 0 aromatic heterocycles. The number of benzene rings is 1. The van der Waals surface area contributed by atoms with Gasteiger partial charge in [-0.05, 0) is 6.07 Å². The predicted octanol–water partition coefficient (Wildman–Crippen LogP) is 0.723. The topological polar surface area (TPSA) is 52.3 Å². The highest BCUT2D eigenvalue weighted by Crippen LogP contribution is 2.16. The van der Waals surface area contributed by atoms with Crippen LogP contribution in [-0.2, 0) is 11.3 Å². The number of para-hydroxylation sites is 1. The molecule has 0 fully saturated rings. The molecule has 0 heterocycles. The largest absolute Gasteiger partial charge is 0.486 e. The third kappa shape index (κ3) is 2.07. The minimum Gasteiger partial charge on any atom is -0.486 e. The molecule has 1 aromatic rings. The maximum atomic E-state index is 10.0. The summed E-state index contributed by atoms with van der Waals surface area (Å²) < 4.78 is 5.13. The molecule has 0 amide bonds. The van der Waals surface area contributed by atoms with E-state index in [1.807, 2.05) is 18.2 Å². The van der Waals surface area contributed by atoms with Gasteiger partial charge in [-0.15, -0.1) is 0 Å². The summed E-state index contributed by atoms with van der Waals surface area (Å²) in [5.74, 6) is 0.687. The summed E-state index contributed by atoms with van der Waals surface area (Å²) in [6.45, 7) is 0.506. The van der Waals surface area contributed by atoms with E-state index in [0.29, 0.717) is 18.6 Å². The molecular formula is C9H11NO2. The van der Waals surface area contributed by atoms with Gasteiger partial charge in [0, 0.05) is 12.1 Å². The minimum absolute atomic E-state index is 0.0804. The zero-order valence-corrected chi connectivity index (χ0v) is 6.69. The van der Waals surface area contributed by atoms with Crippen LogP contribution in [0.25, 0.3) is 0 Å². The summed E-state index contributed by atoms with van der Waals surface area (Å²) in [6.07, 6.45) is 0.716. The van der Waals surface area contributed by atoms with Crippen molar-refractivity contribution >= 4 is 6.29 Å². The van der Waals surface area contributed by atoms with Crippen LogP contribution >= 0.6 is 0 Å². The molecular weight excluding hydrogens is 154 g/mol. The van der Waals surface area contributed by atoms with Crippen LogP contribution in [0.5, 0.6) is 5.75 Å². The monoisotopic (exact) mass is 165 g/mol. The normalized spacial score (nSPS) is 9.42. The van der Waals surface area contributed by atoms with E-state index in [0.717, 1.165) is 5.56 Å². The minimum atomic E-state index is 0.0804. The molecule has 12 heavy (non-hydrogen) atoms. The second-order valence-corrected chi connectivity index (χ2v) is 2.29. The van der Waals surface area contributed by atoms with Gasteiger partial charge in [0.1, 0.15) is 12.4 Å². The van der Waals surface area contributed by atoms with Crippen LogP contribution in [-0.4, -0.2) is 12.9 Å². The molecule has 1 aromatic carbocycles. The van der Waals surface area contributed by atoms with E-state index in [4.69, 9.17) is 10.5 Å². The number of carbonyl (C=O) groups is 1. The smallest absolute Gasteiger partial charge is 0.157 e. The van der Waals surface area contributed by atoms with Crippen LogP contribution in [0.2, 0.25) is 0 Å². The molecule has 0 atom stereocenters. The van der Waals surface area contributed by atoms with Gasteiger partial charge in [0.05, 0.1) is 0 Å². The number of nitrogens with two attached hydrogens (primary N) is 1. The van der Waals surface area contributed by atoms with Gasteiger partial charge >= 0.3 is 0 Å². The molecule has 0 aliphatic carbocycles. The van der Waals surface area contributed by atoms with Gasteiger partial charge in [-0.1, -0.05) is 18.2 Å². The van der Waals surface area contributed by atoms with Gasteiger partial charge < -0.3 is 10.5 Å². The van der Waals surface area contributed by atoms with E-state index in [9.17, 15) is 4.79 Å². The first-order valence-corrected chi connectivity index (χ1v) is 3.73. The van der Waals surface area contributed by atoms with Crippen molar-refractivity contribution < 1.29 is 9.53 Å². The van der Waals surface area contributed by atoms with Gasteiger partial charge in [-0.2, -0.15) is 0 Å². The Morgan fingerprint density at radius 3 is 2.83 bits per heavy atom. The molecule has 0 unspecified atom stereocenters. The summed E-state index contributed by atoms with van der Waals surface area (Å²) in [4.78, 5) is 10.0. The molecule has 0 saturated heterocycles. The van der Waals surface area contributed by atoms with Crippen molar-refractivity contribution in [2.45, 2.75) is 6.54 Å². The molecule has 3 heteroatoms. The van der Waals surface area contributed by atoms with Crippen molar-refractivity contribution in [3.05, 3.63) is 29.8 Å². The number of aldehydes is 1. The Hall–Kier alpha value is -1.35. The van der Waals surface area contributed by atoms with Gasteiger partial charge in [-0.25, -0.2) is 0 Å². The molecule has 1 rings (SSSR count). The van der Waals surface area contributed by atoms with Crippen molar-refractivity contribution in [3.8, 4) is 5.75 Å². The zero-order valence-electron chi connectivity index (χ0n) is 6.69. The van der Waals surface area contributed by atoms with Crippen molar-refractivity contribution in [2.24, 2.45) is 5.73 Å². The van der Waals surface area contributed by atoms with Crippen LogP contribution in [0.1, 0.15) is 5.56 Å². The molecule has 3 nitrogen and oxygen atoms in total. The highest BCUT2D eigenvalue weighted by Gasteiger charge is 1.98. The van der Waals surface area contributed by atoms with Gasteiger partial charge in [0.25, 0.3) is 0 Å². The van der Waals surface area contributed by atoms with E-state index in [2.05, 4.69) is 0 Å². The lowest BCUT2D eigenvalue weighted by Crippen LogP contribution is -2.03. The number of rotatable bonds is 4. The van der Waals surface area contributed by atoms with Crippen LogP contribution in [0.3, 0.4) is 0 Å². The van der Waals surface area contributed by atoms with Gasteiger partial charge in [-0.3, -0.25) is 4.79 Å². The van der Waals surface area contributed by atoms with Gasteiger partial charge in [0.2, 0.25) is 0 Å². The molecule has 2 N–H and O–H groups in total. The summed E-state index contributed by atoms with van der Waals surface area (Å²) in [5, 5.41) is 0. The number of ether oxygens (including phenoxy) is 1. The summed E-state index contributed by atoms with van der Waals surface area (Å²) in [5.41, 5.74) is 6.37. The standard InChI is InChI=1S/C9H11NO2/c10-7-8-3-1-2-4-9(8)12-6-5-11/h1-5H,6-7,10H2. The first kappa shape index (κ1) is 8.74. The van der Waals surface area contributed by atoms with E-state index < -0.39 is 0 Å². The Bertz CT molecular complexity index is 260. The Labute approximate surface area is 71.1 Å². The fraction of sp³-hybridized carbons (Fsp3) is 0.222. The highest BCUT2D eigenvalue weighted by molar-refractivity contribution is 5.51. The Morgan fingerprint density at radius 2 is 2.17 bits per heavy atom. The second kappa shape index (κ2) is 4.51. The molecule has 0 radical (unpaired) electrons. The van der Waals surface area contributed by atoms with E-state index in [1.54, 1.807) is 6.07 Å². The van der Waals surface area contributed by atoms with E-state index in [-0.39, 0.29) is 6.61 Å². The average Bonchev–Trinajstić information content (AvgIpc) is 2.15. The van der Waals surface area contributed by atoms with Crippen molar-refractivity contribution in [1.29, 1.82) is 0 Å². The maximum absolute atomic E-state index is 10.0. The summed E-state index contributed by atoms with van der Waals surface area (Å²) in [6, 6.07) is 7.40. The average molecular weight is 165 g/mol. The Kier molecular flexibility index (Phi) is 3.29. The number of hydrogen-bond acceptors (Lipinski definition) is 3. The third-order valence-electron chi connectivity index (χ3n) is 1.50. The quantitative estimate of drug-likeness (QED) is 0.669. The zero-order chi connectivity index (χ0) is 8.81. The summed E-state index contributed by atoms with van der Waals surface area (Å²) in [7, 11) is 0. The SMILES string of the molecule is NCc1ccccc1OCC=O. The first-order chi connectivity index (χ1) is 5.88. The van der Waals surface area contributed by atoms with Crippen LogP contribution in [0.15, 0.2) is 24.3 Å². The van der Waals surface area contributed by atoms with E-state index >= 15 is 0 Å². The maximum Gasteiger partial charge on any atom is 0.157 e. The van der Waals surface area contributed by atoms with Crippen molar-refractivity contribution in [1.82, 2.24) is 0 Å². The first-order valence-electron chi connectivity index (χ1n) is 3.73. The summed E-state index contributed by atoms with van der Waals surface area (Å²) >= 11 is 0. The van der Waals surface area contributed by atoms with E-state index in [1.165, 1.54) is 0 Å². The number of carbonyl (C=O) groups excluding carboxylic acids is 1. The molecule has 64 valence electrons. The van der Waals surface area contributed by atoms with Crippen LogP contribution in [0, 0.1) is 0 Å². The van der Waals surface area contributed by atoms with Crippen LogP contribution in [0.4, 0.5) is 0 Å².